The second kappa shape index (κ2) is 9.38. The highest BCUT2D eigenvalue weighted by atomic mass is 35.5. The normalized spacial score (nSPS) is 11.7. The molecule has 0 aliphatic rings. The van der Waals surface area contributed by atoms with Crippen LogP contribution in [-0.4, -0.2) is 37.9 Å². The van der Waals surface area contributed by atoms with Crippen molar-refractivity contribution >= 4 is 50.2 Å². The van der Waals surface area contributed by atoms with E-state index < -0.39 is 10.0 Å². The number of thiophene rings is 2. The van der Waals surface area contributed by atoms with Crippen LogP contribution in [0.1, 0.15) is 20.1 Å². The second-order valence-corrected chi connectivity index (χ2v) is 10.4. The van der Waals surface area contributed by atoms with E-state index >= 15 is 0 Å². The molecule has 0 N–H and O–H groups in total. The van der Waals surface area contributed by atoms with Crippen LogP contribution in [0.25, 0.3) is 0 Å². The van der Waals surface area contributed by atoms with Crippen molar-refractivity contribution in [2.45, 2.75) is 18.0 Å². The first kappa shape index (κ1) is 21.9. The number of hydroxylamine groups is 1. The fourth-order valence-electron chi connectivity index (χ4n) is 2.63. The number of sulfonamides is 1. The van der Waals surface area contributed by atoms with Gasteiger partial charge in [-0.15, -0.1) is 22.7 Å². The molecule has 2 aromatic heterocycles. The van der Waals surface area contributed by atoms with Gasteiger partial charge in [-0.3, -0.25) is 9.63 Å². The third-order valence-electron chi connectivity index (χ3n) is 4.19. The predicted molar refractivity (Wildman–Crippen MR) is 116 cm³/mol. The van der Waals surface area contributed by atoms with Gasteiger partial charge in [0.25, 0.3) is 15.9 Å². The van der Waals surface area contributed by atoms with Crippen LogP contribution in [0.4, 0.5) is 0 Å². The maximum atomic E-state index is 13.3. The molecule has 29 heavy (non-hydrogen) atoms. The maximum absolute atomic E-state index is 13.3. The lowest BCUT2D eigenvalue weighted by molar-refractivity contribution is -0.0258. The van der Waals surface area contributed by atoms with Crippen molar-refractivity contribution in [1.82, 2.24) is 9.37 Å². The lowest BCUT2D eigenvalue weighted by Gasteiger charge is -2.22. The van der Waals surface area contributed by atoms with Gasteiger partial charge in [0.05, 0.1) is 25.2 Å². The van der Waals surface area contributed by atoms with Crippen molar-refractivity contribution in [3.8, 4) is 0 Å². The molecule has 0 atom stereocenters. The highest BCUT2D eigenvalue weighted by molar-refractivity contribution is 7.89. The summed E-state index contributed by atoms with van der Waals surface area (Å²) in [5.41, 5.74) is 0.241. The zero-order chi connectivity index (χ0) is 21.0. The van der Waals surface area contributed by atoms with Gasteiger partial charge in [-0.2, -0.15) is 0 Å². The molecule has 0 bridgehead atoms. The van der Waals surface area contributed by atoms with Crippen LogP contribution in [0.2, 0.25) is 5.02 Å². The molecule has 6 nitrogen and oxygen atoms in total. The van der Waals surface area contributed by atoms with Gasteiger partial charge in [0, 0.05) is 22.4 Å². The summed E-state index contributed by atoms with van der Waals surface area (Å²) in [7, 11) is -1.48. The van der Waals surface area contributed by atoms with Gasteiger partial charge in [0.2, 0.25) is 0 Å². The molecular formula is C19H19ClN2O4S3. The molecule has 2 heterocycles. The highest BCUT2D eigenvalue weighted by Gasteiger charge is 2.26. The molecule has 1 amide bonds. The Morgan fingerprint density at radius 1 is 1.07 bits per heavy atom. The Morgan fingerprint density at radius 2 is 1.66 bits per heavy atom. The average molecular weight is 471 g/mol. The number of hydrogen-bond acceptors (Lipinski definition) is 6. The number of rotatable bonds is 8. The van der Waals surface area contributed by atoms with Crippen LogP contribution in [-0.2, 0) is 28.0 Å². The van der Waals surface area contributed by atoms with E-state index in [0.29, 0.717) is 17.6 Å². The summed E-state index contributed by atoms with van der Waals surface area (Å²) in [5, 5.41) is 3.93. The molecule has 0 unspecified atom stereocenters. The lowest BCUT2D eigenvalue weighted by atomic mass is 10.2. The Morgan fingerprint density at radius 3 is 2.14 bits per heavy atom. The number of hydrogen-bond donors (Lipinski definition) is 0. The van der Waals surface area contributed by atoms with E-state index in [1.54, 1.807) is 27.6 Å². The first-order valence-electron chi connectivity index (χ1n) is 8.49. The number of benzene rings is 1. The predicted octanol–water partition coefficient (Wildman–Crippen LogP) is 4.49. The highest BCUT2D eigenvalue weighted by Crippen LogP contribution is 2.27. The van der Waals surface area contributed by atoms with E-state index in [1.165, 1.54) is 32.4 Å². The van der Waals surface area contributed by atoms with Crippen molar-refractivity contribution in [2.24, 2.45) is 0 Å². The Balaban J connectivity index is 1.95. The standard InChI is InChI=1S/C19H19ClN2O4S3/c1-21(26-2)29(24,25)18-11-14(7-8-17(18)20)19(23)22(12-15-5-3-9-27-15)13-16-6-4-10-28-16/h3-11H,12-13H2,1-2H3. The minimum atomic E-state index is -3.99. The van der Waals surface area contributed by atoms with Crippen LogP contribution in [0.3, 0.4) is 0 Å². The lowest BCUT2D eigenvalue weighted by Crippen LogP contribution is -2.30. The average Bonchev–Trinajstić information content (AvgIpc) is 3.40. The summed E-state index contributed by atoms with van der Waals surface area (Å²) in [5.74, 6) is -0.278. The van der Waals surface area contributed by atoms with Gasteiger partial charge in [-0.25, -0.2) is 8.42 Å². The van der Waals surface area contributed by atoms with Crippen LogP contribution >= 0.6 is 34.3 Å². The Hall–Kier alpha value is -1.75. The quantitative estimate of drug-likeness (QED) is 0.455. The van der Waals surface area contributed by atoms with Gasteiger partial charge in [-0.1, -0.05) is 28.2 Å². The van der Waals surface area contributed by atoms with Crippen LogP contribution in [0.15, 0.2) is 58.1 Å². The van der Waals surface area contributed by atoms with Crippen LogP contribution in [0, 0.1) is 0 Å². The van der Waals surface area contributed by atoms with Gasteiger partial charge in [0.15, 0.2) is 0 Å². The SMILES string of the molecule is CON(C)S(=O)(=O)c1cc(C(=O)N(Cc2cccs2)Cc2cccs2)ccc1Cl. The monoisotopic (exact) mass is 470 g/mol. The molecule has 0 aliphatic heterocycles. The van der Waals surface area contributed by atoms with Gasteiger partial charge in [-0.05, 0) is 41.1 Å². The molecule has 0 aliphatic carbocycles. The van der Waals surface area contributed by atoms with Crippen LogP contribution < -0.4 is 0 Å². The minimum Gasteiger partial charge on any atom is -0.328 e. The number of halogens is 1. The molecular weight excluding hydrogens is 452 g/mol. The van der Waals surface area contributed by atoms with Gasteiger partial charge >= 0.3 is 0 Å². The topological polar surface area (TPSA) is 66.9 Å². The molecule has 3 aromatic rings. The molecule has 0 saturated carbocycles. The number of amides is 1. The zero-order valence-corrected chi connectivity index (χ0v) is 18.9. The van der Waals surface area contributed by atoms with E-state index in [1.807, 2.05) is 35.0 Å². The van der Waals surface area contributed by atoms with E-state index in [4.69, 9.17) is 16.4 Å². The molecule has 0 fully saturated rings. The maximum Gasteiger partial charge on any atom is 0.266 e. The summed E-state index contributed by atoms with van der Waals surface area (Å²) in [6.07, 6.45) is 0. The number of nitrogens with zero attached hydrogens (tertiary/aromatic N) is 2. The molecule has 0 saturated heterocycles. The number of carbonyl (C=O) groups is 1. The van der Waals surface area contributed by atoms with E-state index in [0.717, 1.165) is 9.75 Å². The Bertz CT molecular complexity index is 1030. The van der Waals surface area contributed by atoms with Crippen molar-refractivity contribution in [2.75, 3.05) is 14.2 Å². The third-order valence-corrected chi connectivity index (χ3v) is 8.08. The Labute approximate surface area is 182 Å². The molecule has 0 spiro atoms. The largest absolute Gasteiger partial charge is 0.328 e. The molecule has 10 heteroatoms. The third kappa shape index (κ3) is 5.06. The summed E-state index contributed by atoms with van der Waals surface area (Å²) in [4.78, 5) is 21.7. The Kier molecular flexibility index (Phi) is 7.10. The molecule has 154 valence electrons. The molecule has 0 radical (unpaired) electrons. The molecule has 3 rings (SSSR count). The summed E-state index contributed by atoms with van der Waals surface area (Å²) in [6, 6.07) is 12.0. The first-order valence-corrected chi connectivity index (χ1v) is 12.1. The summed E-state index contributed by atoms with van der Waals surface area (Å²) >= 11 is 9.24. The van der Waals surface area contributed by atoms with Crippen LogP contribution in [0.5, 0.6) is 0 Å². The van der Waals surface area contributed by atoms with Crippen molar-refractivity contribution < 1.29 is 18.0 Å². The fraction of sp³-hybridized carbons (Fsp3) is 0.211. The van der Waals surface area contributed by atoms with Crippen molar-refractivity contribution in [3.63, 3.8) is 0 Å². The summed E-state index contributed by atoms with van der Waals surface area (Å²) < 4.78 is 26.0. The van der Waals surface area contributed by atoms with Gasteiger partial charge in [0.1, 0.15) is 4.90 Å². The van der Waals surface area contributed by atoms with Gasteiger partial charge < -0.3 is 4.90 Å². The smallest absolute Gasteiger partial charge is 0.266 e. The van der Waals surface area contributed by atoms with E-state index in [-0.39, 0.29) is 21.4 Å². The summed E-state index contributed by atoms with van der Waals surface area (Å²) in [6.45, 7) is 0.855. The first-order chi connectivity index (χ1) is 13.8. The fourth-order valence-corrected chi connectivity index (χ4v) is 5.55. The minimum absolute atomic E-state index is 0.0218. The van der Waals surface area contributed by atoms with Crippen molar-refractivity contribution in [3.05, 3.63) is 73.6 Å². The zero-order valence-electron chi connectivity index (χ0n) is 15.7. The van der Waals surface area contributed by atoms with Crippen molar-refractivity contribution in [1.29, 1.82) is 0 Å². The van der Waals surface area contributed by atoms with E-state index in [9.17, 15) is 13.2 Å². The number of carbonyl (C=O) groups excluding carboxylic acids is 1. The second-order valence-electron chi connectivity index (χ2n) is 6.06. The van der Waals surface area contributed by atoms with E-state index in [2.05, 4.69) is 0 Å². The molecule has 1 aromatic carbocycles.